The third-order valence-electron chi connectivity index (χ3n) is 2.34. The Hall–Kier alpha value is -2.04. The van der Waals surface area contributed by atoms with Crippen LogP contribution >= 0.6 is 0 Å². The Kier molecular flexibility index (Phi) is 3.50. The topological polar surface area (TPSA) is 88.8 Å². The lowest BCUT2D eigenvalue weighted by Crippen LogP contribution is -1.83. The molecule has 4 heteroatoms. The fourth-order valence-electron chi connectivity index (χ4n) is 1.68. The summed E-state index contributed by atoms with van der Waals surface area (Å²) in [5.74, 6) is 0. The number of nitrogens with zero attached hydrogens (tertiary/aromatic N) is 2. The fraction of sp³-hybridized carbons (Fsp3) is 0. The number of pyridine rings is 2. The Balaban J connectivity index is 0.000000640. The summed E-state index contributed by atoms with van der Waals surface area (Å²) in [5, 5.41) is 2.28. The normalized spacial score (nSPS) is 9.50. The third-order valence-corrected chi connectivity index (χ3v) is 2.34. The summed E-state index contributed by atoms with van der Waals surface area (Å²) >= 11 is 0. The van der Waals surface area contributed by atoms with Crippen LogP contribution in [0.2, 0.25) is 0 Å². The average Bonchev–Trinajstić information content (AvgIpc) is 2.29. The van der Waals surface area contributed by atoms with Gasteiger partial charge in [-0.2, -0.15) is 0 Å². The van der Waals surface area contributed by atoms with Crippen molar-refractivity contribution in [1.29, 1.82) is 0 Å². The molecule has 4 N–H and O–H groups in total. The lowest BCUT2D eigenvalue weighted by Gasteiger charge is -2.00. The van der Waals surface area contributed by atoms with Crippen LogP contribution in [0.4, 0.5) is 0 Å². The summed E-state index contributed by atoms with van der Waals surface area (Å²) in [6, 6.07) is 12.1. The molecular formula is C12H12N2O2. The maximum Gasteiger partial charge on any atom is 0.0964 e. The number of hydrogen-bond acceptors (Lipinski definition) is 2. The minimum absolute atomic E-state index is 0. The monoisotopic (exact) mass is 216 g/mol. The summed E-state index contributed by atoms with van der Waals surface area (Å²) in [5.41, 5.74) is 1.95. The van der Waals surface area contributed by atoms with Crippen LogP contribution in [0.3, 0.4) is 0 Å². The Labute approximate surface area is 92.2 Å². The van der Waals surface area contributed by atoms with Crippen molar-refractivity contribution in [3.8, 4) is 0 Å². The average molecular weight is 216 g/mol. The molecule has 0 amide bonds. The zero-order chi connectivity index (χ0) is 9.38. The van der Waals surface area contributed by atoms with Crippen molar-refractivity contribution in [2.24, 2.45) is 0 Å². The first-order valence-electron chi connectivity index (χ1n) is 4.53. The van der Waals surface area contributed by atoms with Gasteiger partial charge in [0.2, 0.25) is 0 Å². The van der Waals surface area contributed by atoms with E-state index in [-0.39, 0.29) is 11.0 Å². The number of fused-ring (bicyclic) bond motifs is 3. The lowest BCUT2D eigenvalue weighted by molar-refractivity contribution is 0.823. The van der Waals surface area contributed by atoms with E-state index < -0.39 is 0 Å². The molecule has 0 unspecified atom stereocenters. The van der Waals surface area contributed by atoms with Crippen LogP contribution in [0.25, 0.3) is 21.8 Å². The molecule has 0 aliphatic rings. The zero-order valence-corrected chi connectivity index (χ0v) is 8.51. The van der Waals surface area contributed by atoms with Crippen molar-refractivity contribution in [2.75, 3.05) is 0 Å². The van der Waals surface area contributed by atoms with Crippen LogP contribution in [-0.4, -0.2) is 20.9 Å². The van der Waals surface area contributed by atoms with E-state index in [2.05, 4.69) is 34.2 Å². The standard InChI is InChI=1S/C12H8N2.2H2O/c1-3-9-5-6-10-4-2-8-14-12(10)11(9)13-7-1;;/h1-8H;2*1H2. The van der Waals surface area contributed by atoms with E-state index in [4.69, 9.17) is 0 Å². The van der Waals surface area contributed by atoms with Gasteiger partial charge >= 0.3 is 0 Å². The van der Waals surface area contributed by atoms with Crippen molar-refractivity contribution >= 4 is 21.8 Å². The second kappa shape index (κ2) is 4.65. The summed E-state index contributed by atoms with van der Waals surface area (Å²) in [6.07, 6.45) is 3.60. The second-order valence-electron chi connectivity index (χ2n) is 3.22. The van der Waals surface area contributed by atoms with Crippen molar-refractivity contribution in [2.45, 2.75) is 0 Å². The van der Waals surface area contributed by atoms with E-state index in [0.29, 0.717) is 0 Å². The van der Waals surface area contributed by atoms with Gasteiger partial charge in [0.05, 0.1) is 11.0 Å². The lowest BCUT2D eigenvalue weighted by atomic mass is 10.1. The molecule has 0 saturated carbocycles. The van der Waals surface area contributed by atoms with Gasteiger partial charge in [-0.1, -0.05) is 24.3 Å². The number of benzene rings is 1. The van der Waals surface area contributed by atoms with Gasteiger partial charge in [0.25, 0.3) is 0 Å². The molecular weight excluding hydrogens is 204 g/mol. The molecule has 0 bridgehead atoms. The highest BCUT2D eigenvalue weighted by molar-refractivity contribution is 6.02. The van der Waals surface area contributed by atoms with Gasteiger partial charge in [-0.15, -0.1) is 0 Å². The summed E-state index contributed by atoms with van der Waals surface area (Å²) < 4.78 is 0. The Morgan fingerprint density at radius 2 is 1.06 bits per heavy atom. The molecule has 16 heavy (non-hydrogen) atoms. The first-order chi connectivity index (χ1) is 6.95. The van der Waals surface area contributed by atoms with Crippen molar-refractivity contribution in [3.63, 3.8) is 0 Å². The molecule has 0 saturated heterocycles. The first-order valence-corrected chi connectivity index (χ1v) is 4.53. The minimum Gasteiger partial charge on any atom is -0.412 e. The Morgan fingerprint density at radius 3 is 1.50 bits per heavy atom. The van der Waals surface area contributed by atoms with E-state index in [1.54, 1.807) is 12.4 Å². The predicted molar refractivity (Wildman–Crippen MR) is 64.3 cm³/mol. The molecule has 82 valence electrons. The second-order valence-corrected chi connectivity index (χ2v) is 3.22. The highest BCUT2D eigenvalue weighted by Gasteiger charge is 2.00. The number of hydrogen-bond donors (Lipinski definition) is 0. The quantitative estimate of drug-likeness (QED) is 0.527. The maximum atomic E-state index is 4.35. The molecule has 0 radical (unpaired) electrons. The van der Waals surface area contributed by atoms with Gasteiger partial charge in [-0.25, -0.2) is 0 Å². The first kappa shape index (κ1) is 12.0. The van der Waals surface area contributed by atoms with Crippen molar-refractivity contribution < 1.29 is 11.0 Å². The summed E-state index contributed by atoms with van der Waals surface area (Å²) in [7, 11) is 0. The van der Waals surface area contributed by atoms with Crippen LogP contribution in [0.1, 0.15) is 0 Å². The molecule has 0 aliphatic carbocycles. The van der Waals surface area contributed by atoms with Crippen LogP contribution in [0, 0.1) is 0 Å². The van der Waals surface area contributed by atoms with E-state index >= 15 is 0 Å². The van der Waals surface area contributed by atoms with E-state index in [1.165, 1.54) is 0 Å². The zero-order valence-electron chi connectivity index (χ0n) is 8.51. The molecule has 2 aromatic heterocycles. The molecule has 0 aliphatic heterocycles. The third kappa shape index (κ3) is 1.71. The molecule has 0 atom stereocenters. The van der Waals surface area contributed by atoms with Crippen molar-refractivity contribution in [3.05, 3.63) is 48.8 Å². The SMILES string of the molecule is O.O.c1cnc2c(c1)ccc1cccnc12. The van der Waals surface area contributed by atoms with Gasteiger partial charge in [-0.05, 0) is 12.1 Å². The van der Waals surface area contributed by atoms with E-state index in [0.717, 1.165) is 21.8 Å². The van der Waals surface area contributed by atoms with E-state index in [1.807, 2.05) is 12.1 Å². The van der Waals surface area contributed by atoms with Gasteiger partial charge in [0.15, 0.2) is 0 Å². The summed E-state index contributed by atoms with van der Waals surface area (Å²) in [4.78, 5) is 8.69. The van der Waals surface area contributed by atoms with Crippen LogP contribution < -0.4 is 0 Å². The predicted octanol–water partition coefficient (Wildman–Crippen LogP) is 1.13. The smallest absolute Gasteiger partial charge is 0.0964 e. The number of aromatic nitrogens is 2. The molecule has 0 fully saturated rings. The molecule has 3 aromatic rings. The molecule has 3 rings (SSSR count). The number of rotatable bonds is 0. The molecule has 1 aromatic carbocycles. The highest BCUT2D eigenvalue weighted by Crippen LogP contribution is 2.20. The fourth-order valence-corrected chi connectivity index (χ4v) is 1.68. The highest BCUT2D eigenvalue weighted by atomic mass is 16.0. The van der Waals surface area contributed by atoms with Gasteiger partial charge in [0, 0.05) is 23.2 Å². The van der Waals surface area contributed by atoms with Crippen molar-refractivity contribution in [1.82, 2.24) is 9.97 Å². The van der Waals surface area contributed by atoms with Crippen LogP contribution in [0.5, 0.6) is 0 Å². The van der Waals surface area contributed by atoms with Gasteiger partial charge < -0.3 is 11.0 Å². The Morgan fingerprint density at radius 1 is 0.625 bits per heavy atom. The largest absolute Gasteiger partial charge is 0.412 e. The van der Waals surface area contributed by atoms with E-state index in [9.17, 15) is 0 Å². The van der Waals surface area contributed by atoms with Crippen LogP contribution in [0.15, 0.2) is 48.8 Å². The summed E-state index contributed by atoms with van der Waals surface area (Å²) in [6.45, 7) is 0. The van der Waals surface area contributed by atoms with Gasteiger partial charge in [0.1, 0.15) is 0 Å². The maximum absolute atomic E-state index is 4.35. The Bertz CT molecular complexity index is 556. The minimum atomic E-state index is 0. The molecule has 2 heterocycles. The van der Waals surface area contributed by atoms with Gasteiger partial charge in [-0.3, -0.25) is 9.97 Å². The van der Waals surface area contributed by atoms with Crippen LogP contribution in [-0.2, 0) is 0 Å². The molecule has 0 spiro atoms. The molecule has 4 nitrogen and oxygen atoms in total.